The first kappa shape index (κ1) is 22.3. The zero-order chi connectivity index (χ0) is 23.5. The van der Waals surface area contributed by atoms with Gasteiger partial charge in [-0.1, -0.05) is 67.1 Å². The van der Waals surface area contributed by atoms with Crippen LogP contribution in [0.15, 0.2) is 60.7 Å². The van der Waals surface area contributed by atoms with Gasteiger partial charge in [0.05, 0.1) is 6.04 Å². The largest absolute Gasteiger partial charge is 0.345 e. The fraction of sp³-hybridized carbons (Fsp3) is 0.345. The number of imide groups is 1. The van der Waals surface area contributed by atoms with Crippen LogP contribution in [0.2, 0.25) is 0 Å². The molecule has 3 aromatic rings. The molecule has 1 N–H and O–H groups in total. The Balaban J connectivity index is 1.27. The molecule has 0 radical (unpaired) electrons. The monoisotopic (exact) mass is 454 g/mol. The Kier molecular flexibility index (Phi) is 6.43. The van der Waals surface area contributed by atoms with Gasteiger partial charge in [-0.25, -0.2) is 0 Å². The SMILES string of the molecule is O=C(CCCCCN1C(=O)CCC1=O)N[C@H](c1ccccc1)c1ccc2c3c(cccc13)CC2. The molecular formula is C29H30N2O3. The maximum atomic E-state index is 13.0. The molecular weight excluding hydrogens is 424 g/mol. The molecule has 1 aliphatic carbocycles. The molecule has 5 nitrogen and oxygen atoms in total. The second kappa shape index (κ2) is 9.80. The van der Waals surface area contributed by atoms with Gasteiger partial charge in [-0.05, 0) is 58.7 Å². The van der Waals surface area contributed by atoms with Crippen molar-refractivity contribution in [1.82, 2.24) is 10.2 Å². The van der Waals surface area contributed by atoms with Gasteiger partial charge in [0.2, 0.25) is 17.7 Å². The highest BCUT2D eigenvalue weighted by atomic mass is 16.2. The number of hydrogen-bond acceptors (Lipinski definition) is 3. The van der Waals surface area contributed by atoms with Crippen LogP contribution in [0.3, 0.4) is 0 Å². The van der Waals surface area contributed by atoms with Crippen molar-refractivity contribution in [1.29, 1.82) is 0 Å². The van der Waals surface area contributed by atoms with Gasteiger partial charge in [0, 0.05) is 25.8 Å². The van der Waals surface area contributed by atoms with E-state index in [4.69, 9.17) is 0 Å². The van der Waals surface area contributed by atoms with Crippen molar-refractivity contribution in [3.8, 4) is 0 Å². The van der Waals surface area contributed by atoms with Gasteiger partial charge >= 0.3 is 0 Å². The molecule has 1 heterocycles. The highest BCUT2D eigenvalue weighted by Gasteiger charge is 2.28. The number of carbonyl (C=O) groups excluding carboxylic acids is 3. The third-order valence-electron chi connectivity index (χ3n) is 7.10. The van der Waals surface area contributed by atoms with E-state index in [2.05, 4.69) is 47.8 Å². The Morgan fingerprint density at radius 3 is 2.29 bits per heavy atom. The Labute approximate surface area is 200 Å². The van der Waals surface area contributed by atoms with Crippen LogP contribution >= 0.6 is 0 Å². The zero-order valence-electron chi connectivity index (χ0n) is 19.4. The number of aryl methyl sites for hydroxylation is 2. The second-order valence-electron chi connectivity index (χ2n) is 9.31. The molecule has 5 rings (SSSR count). The minimum absolute atomic E-state index is 0.0189. The molecule has 0 aromatic heterocycles. The normalized spacial score (nSPS) is 15.8. The van der Waals surface area contributed by atoms with E-state index in [-0.39, 0.29) is 23.8 Å². The van der Waals surface area contributed by atoms with Crippen molar-refractivity contribution < 1.29 is 14.4 Å². The average Bonchev–Trinajstić information content (AvgIpc) is 3.42. The quantitative estimate of drug-likeness (QED) is 0.371. The molecule has 2 aliphatic rings. The Morgan fingerprint density at radius 1 is 0.794 bits per heavy atom. The van der Waals surface area contributed by atoms with Gasteiger partial charge in [0.15, 0.2) is 0 Å². The summed E-state index contributed by atoms with van der Waals surface area (Å²) in [4.78, 5) is 37.8. The van der Waals surface area contributed by atoms with Crippen LogP contribution in [0.5, 0.6) is 0 Å². The van der Waals surface area contributed by atoms with Gasteiger partial charge < -0.3 is 5.32 Å². The highest BCUT2D eigenvalue weighted by molar-refractivity contribution is 6.01. The first-order valence-corrected chi connectivity index (χ1v) is 12.3. The number of nitrogens with zero attached hydrogens (tertiary/aromatic N) is 1. The van der Waals surface area contributed by atoms with Crippen molar-refractivity contribution in [3.05, 3.63) is 82.9 Å². The van der Waals surface area contributed by atoms with Crippen LogP contribution in [-0.2, 0) is 27.2 Å². The van der Waals surface area contributed by atoms with E-state index >= 15 is 0 Å². The van der Waals surface area contributed by atoms with E-state index in [1.807, 2.05) is 18.2 Å². The van der Waals surface area contributed by atoms with Gasteiger partial charge in [0.1, 0.15) is 0 Å². The van der Waals surface area contributed by atoms with E-state index in [1.54, 1.807) is 0 Å². The van der Waals surface area contributed by atoms with E-state index in [0.717, 1.165) is 43.2 Å². The first-order valence-electron chi connectivity index (χ1n) is 12.3. The lowest BCUT2D eigenvalue weighted by atomic mass is 9.91. The van der Waals surface area contributed by atoms with Crippen molar-refractivity contribution >= 4 is 28.5 Å². The topological polar surface area (TPSA) is 66.5 Å². The molecule has 0 bridgehead atoms. The number of likely N-dealkylation sites (tertiary alicyclic amines) is 1. The molecule has 174 valence electrons. The van der Waals surface area contributed by atoms with Crippen molar-refractivity contribution in [2.24, 2.45) is 0 Å². The molecule has 1 fully saturated rings. The summed E-state index contributed by atoms with van der Waals surface area (Å²) in [6.45, 7) is 0.465. The molecule has 1 atom stereocenters. The molecule has 0 unspecified atom stereocenters. The lowest BCUT2D eigenvalue weighted by Gasteiger charge is -2.22. The summed E-state index contributed by atoms with van der Waals surface area (Å²) in [5, 5.41) is 5.86. The lowest BCUT2D eigenvalue weighted by molar-refractivity contribution is -0.138. The number of amides is 3. The zero-order valence-corrected chi connectivity index (χ0v) is 19.4. The molecule has 1 saturated heterocycles. The number of hydrogen-bond donors (Lipinski definition) is 1. The molecule has 3 amide bonds. The van der Waals surface area contributed by atoms with Crippen molar-refractivity contribution in [3.63, 3.8) is 0 Å². The fourth-order valence-electron chi connectivity index (χ4n) is 5.34. The van der Waals surface area contributed by atoms with E-state index in [9.17, 15) is 14.4 Å². The number of rotatable bonds is 9. The maximum Gasteiger partial charge on any atom is 0.229 e. The smallest absolute Gasteiger partial charge is 0.229 e. The molecule has 0 saturated carbocycles. The van der Waals surface area contributed by atoms with E-state index < -0.39 is 0 Å². The predicted molar refractivity (Wildman–Crippen MR) is 132 cm³/mol. The summed E-state index contributed by atoms with van der Waals surface area (Å²) in [7, 11) is 0. The van der Waals surface area contributed by atoms with Crippen molar-refractivity contribution in [2.45, 2.75) is 57.4 Å². The average molecular weight is 455 g/mol. The third kappa shape index (κ3) is 4.47. The van der Waals surface area contributed by atoms with Gasteiger partial charge in [-0.2, -0.15) is 0 Å². The van der Waals surface area contributed by atoms with Gasteiger partial charge in [-0.3, -0.25) is 19.3 Å². The Hall–Kier alpha value is -3.47. The number of unbranched alkanes of at least 4 members (excludes halogenated alkanes) is 2. The van der Waals surface area contributed by atoms with Crippen molar-refractivity contribution in [2.75, 3.05) is 6.54 Å². The van der Waals surface area contributed by atoms with Crippen LogP contribution in [0.4, 0.5) is 0 Å². The van der Waals surface area contributed by atoms with E-state index in [0.29, 0.717) is 25.8 Å². The van der Waals surface area contributed by atoms with Crippen LogP contribution in [0.25, 0.3) is 10.8 Å². The molecule has 5 heteroatoms. The number of benzene rings is 3. The fourth-order valence-corrected chi connectivity index (χ4v) is 5.34. The Bertz CT molecular complexity index is 1210. The summed E-state index contributed by atoms with van der Waals surface area (Å²) in [6, 6.07) is 20.8. The summed E-state index contributed by atoms with van der Waals surface area (Å²) < 4.78 is 0. The second-order valence-corrected chi connectivity index (χ2v) is 9.31. The predicted octanol–water partition coefficient (Wildman–Crippen LogP) is 4.85. The third-order valence-corrected chi connectivity index (χ3v) is 7.10. The standard InChI is InChI=1S/C29H30N2O3/c32-25(12-5-2-6-19-31-26(33)17-18-27(31)34)30-29(22-8-3-1-4-9-22)24-16-15-21-14-13-20-10-7-11-23(24)28(20)21/h1,3-4,7-11,15-16,29H,2,5-6,12-14,17-19H2,(H,30,32)/t29-/m1/s1. The Morgan fingerprint density at radius 2 is 1.53 bits per heavy atom. The summed E-state index contributed by atoms with van der Waals surface area (Å²) in [5.41, 5.74) is 4.98. The summed E-state index contributed by atoms with van der Waals surface area (Å²) in [6.07, 6.45) is 5.52. The van der Waals surface area contributed by atoms with Gasteiger partial charge in [0.25, 0.3) is 0 Å². The van der Waals surface area contributed by atoms with Gasteiger partial charge in [-0.15, -0.1) is 0 Å². The summed E-state index contributed by atoms with van der Waals surface area (Å²) in [5.74, 6) is -0.122. The maximum absolute atomic E-state index is 13.0. The van der Waals surface area contributed by atoms with Crippen LogP contribution in [0, 0.1) is 0 Å². The van der Waals surface area contributed by atoms with Crippen LogP contribution in [-0.4, -0.2) is 29.2 Å². The lowest BCUT2D eigenvalue weighted by Crippen LogP contribution is -2.30. The first-order chi connectivity index (χ1) is 16.6. The molecule has 3 aromatic carbocycles. The van der Waals surface area contributed by atoms with Crippen LogP contribution in [0.1, 0.15) is 66.8 Å². The summed E-state index contributed by atoms with van der Waals surface area (Å²) >= 11 is 0. The number of carbonyl (C=O) groups is 3. The highest BCUT2D eigenvalue weighted by Crippen LogP contribution is 2.36. The molecule has 34 heavy (non-hydrogen) atoms. The molecule has 0 spiro atoms. The molecule has 1 aliphatic heterocycles. The van der Waals surface area contributed by atoms with Crippen LogP contribution < -0.4 is 5.32 Å². The minimum Gasteiger partial charge on any atom is -0.345 e. The minimum atomic E-state index is -0.210. The number of nitrogens with one attached hydrogen (secondary N) is 1. The van der Waals surface area contributed by atoms with E-state index in [1.165, 1.54) is 26.8 Å².